The van der Waals surface area contributed by atoms with Crippen LogP contribution < -0.4 is 10.6 Å². The molecule has 3 heterocycles. The van der Waals surface area contributed by atoms with Crippen LogP contribution in [0.15, 0.2) is 22.2 Å². The third kappa shape index (κ3) is 4.45. The van der Waals surface area contributed by atoms with Crippen LogP contribution >= 0.6 is 11.3 Å². The standard InChI is InChI=1S/C17H23N5O4S/c1-12-11-13(21-26-12)14(23)22-7-3-17(4-8-22,15(24)18-5-9-25-2)20-16-19-6-10-27-16/h6,10-11H,3-5,7-9H2,1-2H3,(H,18,24)(H,19,20). The van der Waals surface area contributed by atoms with E-state index >= 15 is 0 Å². The van der Waals surface area contributed by atoms with Crippen molar-refractivity contribution < 1.29 is 18.8 Å². The van der Waals surface area contributed by atoms with Crippen molar-refractivity contribution in [1.82, 2.24) is 20.4 Å². The summed E-state index contributed by atoms with van der Waals surface area (Å²) < 4.78 is 9.99. The maximum Gasteiger partial charge on any atom is 0.276 e. The molecule has 0 saturated carbocycles. The molecule has 3 rings (SSSR count). The van der Waals surface area contributed by atoms with E-state index in [1.807, 2.05) is 5.38 Å². The van der Waals surface area contributed by atoms with Crippen molar-refractivity contribution in [1.29, 1.82) is 0 Å². The van der Waals surface area contributed by atoms with E-state index in [1.54, 1.807) is 31.2 Å². The predicted octanol–water partition coefficient (Wildman–Crippen LogP) is 1.29. The second-order valence-corrected chi connectivity index (χ2v) is 7.30. The molecule has 0 radical (unpaired) electrons. The van der Waals surface area contributed by atoms with Gasteiger partial charge in [0.25, 0.3) is 5.91 Å². The lowest BCUT2D eigenvalue weighted by molar-refractivity contribution is -0.127. The molecule has 2 N–H and O–H groups in total. The summed E-state index contributed by atoms with van der Waals surface area (Å²) >= 11 is 1.44. The van der Waals surface area contributed by atoms with E-state index in [-0.39, 0.29) is 17.5 Å². The molecule has 1 saturated heterocycles. The van der Waals surface area contributed by atoms with E-state index in [4.69, 9.17) is 9.26 Å². The minimum Gasteiger partial charge on any atom is -0.383 e. The Kier molecular flexibility index (Phi) is 6.07. The summed E-state index contributed by atoms with van der Waals surface area (Å²) in [6, 6.07) is 1.62. The molecule has 2 amide bonds. The summed E-state index contributed by atoms with van der Waals surface area (Å²) in [7, 11) is 1.59. The van der Waals surface area contributed by atoms with Gasteiger partial charge in [-0.2, -0.15) is 0 Å². The molecule has 146 valence electrons. The summed E-state index contributed by atoms with van der Waals surface area (Å²) in [5.74, 6) is 0.293. The highest BCUT2D eigenvalue weighted by molar-refractivity contribution is 7.13. The zero-order valence-corrected chi connectivity index (χ0v) is 16.2. The maximum atomic E-state index is 12.9. The number of thiazole rings is 1. The van der Waals surface area contributed by atoms with Gasteiger partial charge in [0.15, 0.2) is 10.8 Å². The molecule has 2 aromatic heterocycles. The Balaban J connectivity index is 1.69. The minimum absolute atomic E-state index is 0.112. The first-order chi connectivity index (χ1) is 13.0. The van der Waals surface area contributed by atoms with Crippen LogP contribution in [-0.4, -0.2) is 65.7 Å². The maximum absolute atomic E-state index is 12.9. The van der Waals surface area contributed by atoms with Crippen LogP contribution in [0.1, 0.15) is 29.1 Å². The van der Waals surface area contributed by atoms with E-state index in [9.17, 15) is 9.59 Å². The second-order valence-electron chi connectivity index (χ2n) is 6.41. The first kappa shape index (κ1) is 19.3. The average molecular weight is 393 g/mol. The fourth-order valence-electron chi connectivity index (χ4n) is 3.06. The van der Waals surface area contributed by atoms with Gasteiger partial charge in [0, 0.05) is 44.4 Å². The lowest BCUT2D eigenvalue weighted by Gasteiger charge is -2.40. The fraction of sp³-hybridized carbons (Fsp3) is 0.529. The average Bonchev–Trinajstić information content (AvgIpc) is 3.33. The Bertz CT molecular complexity index is 768. The molecule has 9 nitrogen and oxygen atoms in total. The largest absolute Gasteiger partial charge is 0.383 e. The number of nitrogens with zero attached hydrogens (tertiary/aromatic N) is 3. The fourth-order valence-corrected chi connectivity index (χ4v) is 3.68. The first-order valence-electron chi connectivity index (χ1n) is 8.71. The lowest BCUT2D eigenvalue weighted by atomic mass is 9.86. The summed E-state index contributed by atoms with van der Waals surface area (Å²) in [6.45, 7) is 3.47. The molecular formula is C17H23N5O4S. The number of aryl methyl sites for hydroxylation is 1. The number of aromatic nitrogens is 2. The van der Waals surface area contributed by atoms with Gasteiger partial charge in [-0.05, 0) is 19.8 Å². The van der Waals surface area contributed by atoms with Gasteiger partial charge < -0.3 is 24.8 Å². The number of nitrogens with one attached hydrogen (secondary N) is 2. The highest BCUT2D eigenvalue weighted by atomic mass is 32.1. The number of likely N-dealkylation sites (tertiary alicyclic amines) is 1. The topological polar surface area (TPSA) is 110 Å². The van der Waals surface area contributed by atoms with Gasteiger partial charge in [-0.15, -0.1) is 11.3 Å². The Morgan fingerprint density at radius 1 is 1.41 bits per heavy atom. The quantitative estimate of drug-likeness (QED) is 0.682. The first-order valence-corrected chi connectivity index (χ1v) is 9.59. The molecule has 1 aliphatic heterocycles. The van der Waals surface area contributed by atoms with Crippen LogP contribution in [0.25, 0.3) is 0 Å². The smallest absolute Gasteiger partial charge is 0.276 e. The van der Waals surface area contributed by atoms with Gasteiger partial charge in [-0.1, -0.05) is 5.16 Å². The highest BCUT2D eigenvalue weighted by Gasteiger charge is 2.43. The number of rotatable bonds is 7. The van der Waals surface area contributed by atoms with Gasteiger partial charge in [0.2, 0.25) is 5.91 Å². The molecule has 0 atom stereocenters. The van der Waals surface area contributed by atoms with E-state index in [2.05, 4.69) is 20.8 Å². The molecule has 0 bridgehead atoms. The molecule has 10 heteroatoms. The summed E-state index contributed by atoms with van der Waals surface area (Å²) in [5.41, 5.74) is -0.528. The predicted molar refractivity (Wildman–Crippen MR) is 99.7 cm³/mol. The number of anilines is 1. The number of ether oxygens (including phenoxy) is 1. The number of methoxy groups -OCH3 is 1. The number of hydrogen-bond acceptors (Lipinski definition) is 8. The third-order valence-corrected chi connectivity index (χ3v) is 5.24. The van der Waals surface area contributed by atoms with E-state index in [1.165, 1.54) is 11.3 Å². The van der Waals surface area contributed by atoms with Crippen LogP contribution in [0.2, 0.25) is 0 Å². The van der Waals surface area contributed by atoms with Crippen molar-refractivity contribution in [3.63, 3.8) is 0 Å². The summed E-state index contributed by atoms with van der Waals surface area (Å²) in [6.07, 6.45) is 2.62. The van der Waals surface area contributed by atoms with Gasteiger partial charge >= 0.3 is 0 Å². The van der Waals surface area contributed by atoms with E-state index in [0.717, 1.165) is 0 Å². The minimum atomic E-state index is -0.817. The van der Waals surface area contributed by atoms with Gasteiger partial charge in [0.05, 0.1) is 6.61 Å². The van der Waals surface area contributed by atoms with Crippen molar-refractivity contribution in [3.05, 3.63) is 29.1 Å². The molecule has 0 aliphatic carbocycles. The Morgan fingerprint density at radius 3 is 2.78 bits per heavy atom. The van der Waals surface area contributed by atoms with Crippen molar-refractivity contribution in [2.45, 2.75) is 25.3 Å². The summed E-state index contributed by atoms with van der Waals surface area (Å²) in [5, 5.41) is 12.5. The third-order valence-electron chi connectivity index (χ3n) is 4.56. The SMILES string of the molecule is COCCNC(=O)C1(Nc2nccs2)CCN(C(=O)c2cc(C)on2)CC1. The van der Waals surface area contributed by atoms with Crippen LogP contribution in [0.4, 0.5) is 5.13 Å². The van der Waals surface area contributed by atoms with Crippen LogP contribution in [0, 0.1) is 6.92 Å². The molecule has 0 unspecified atom stereocenters. The zero-order chi connectivity index (χ0) is 19.3. The van der Waals surface area contributed by atoms with Crippen molar-refractivity contribution in [3.8, 4) is 0 Å². The summed E-state index contributed by atoms with van der Waals surface area (Å²) in [4.78, 5) is 31.4. The molecular weight excluding hydrogens is 370 g/mol. The molecule has 0 aromatic carbocycles. The number of hydrogen-bond donors (Lipinski definition) is 2. The molecule has 1 fully saturated rings. The highest BCUT2D eigenvalue weighted by Crippen LogP contribution is 2.29. The number of carbonyl (C=O) groups excluding carboxylic acids is 2. The van der Waals surface area contributed by atoms with Crippen molar-refractivity contribution >= 4 is 28.3 Å². The number of amides is 2. The Morgan fingerprint density at radius 2 is 2.19 bits per heavy atom. The van der Waals surface area contributed by atoms with E-state index < -0.39 is 5.54 Å². The van der Waals surface area contributed by atoms with Crippen molar-refractivity contribution in [2.75, 3.05) is 38.7 Å². The molecule has 0 spiro atoms. The van der Waals surface area contributed by atoms with Gasteiger partial charge in [-0.25, -0.2) is 4.98 Å². The van der Waals surface area contributed by atoms with E-state index in [0.29, 0.717) is 50.0 Å². The molecule has 1 aliphatic rings. The molecule has 2 aromatic rings. The van der Waals surface area contributed by atoms with Crippen LogP contribution in [0.5, 0.6) is 0 Å². The van der Waals surface area contributed by atoms with Gasteiger partial charge in [0.1, 0.15) is 11.3 Å². The second kappa shape index (κ2) is 8.49. The Hall–Kier alpha value is -2.46. The number of piperidine rings is 1. The van der Waals surface area contributed by atoms with Crippen LogP contribution in [0.3, 0.4) is 0 Å². The lowest BCUT2D eigenvalue weighted by Crippen LogP contribution is -2.59. The number of carbonyl (C=O) groups is 2. The van der Waals surface area contributed by atoms with Crippen molar-refractivity contribution in [2.24, 2.45) is 0 Å². The zero-order valence-electron chi connectivity index (χ0n) is 15.4. The molecule has 27 heavy (non-hydrogen) atoms. The monoisotopic (exact) mass is 393 g/mol. The van der Waals surface area contributed by atoms with Gasteiger partial charge in [-0.3, -0.25) is 9.59 Å². The van der Waals surface area contributed by atoms with Crippen LogP contribution in [-0.2, 0) is 9.53 Å². The Labute approximate surface area is 161 Å². The normalized spacial score (nSPS) is 16.1.